The van der Waals surface area contributed by atoms with Gasteiger partial charge in [-0.3, -0.25) is 0 Å². The van der Waals surface area contributed by atoms with Crippen molar-refractivity contribution >= 4 is 139 Å². The Hall–Kier alpha value is 5.70. The molecule has 0 bridgehead atoms. The molecule has 0 aromatic carbocycles. The Morgan fingerprint density at radius 2 is 0.844 bits per heavy atom. The molecule has 0 saturated heterocycles. The number of aliphatic hydroxyl groups is 1. The van der Waals surface area contributed by atoms with E-state index in [1.807, 2.05) is 0 Å². The van der Waals surface area contributed by atoms with Crippen LogP contribution in [0.1, 0.15) is 19.3 Å². The van der Waals surface area contributed by atoms with Crippen molar-refractivity contribution in [3.05, 3.63) is 6.15 Å². The summed E-state index contributed by atoms with van der Waals surface area (Å²) in [5.74, 6) is -5.14. The van der Waals surface area contributed by atoms with Crippen LogP contribution in [0.4, 0.5) is 0 Å². The summed E-state index contributed by atoms with van der Waals surface area (Å²) in [4.78, 5) is 30.5. The van der Waals surface area contributed by atoms with Crippen molar-refractivity contribution in [2.75, 3.05) is 0 Å². The van der Waals surface area contributed by atoms with Gasteiger partial charge in [0.25, 0.3) is 0 Å². The van der Waals surface area contributed by atoms with Gasteiger partial charge in [0.15, 0.2) is 5.60 Å². The van der Waals surface area contributed by atoms with Gasteiger partial charge in [0.05, 0.1) is 0 Å². The molecule has 1 radical (unpaired) electrons. The van der Waals surface area contributed by atoms with Crippen molar-refractivity contribution in [1.82, 2.24) is 0 Å². The summed E-state index contributed by atoms with van der Waals surface area (Å²) in [5, 5.41) is 37.7. The quantitative estimate of drug-likeness (QED) is 0.147. The smallest absolute Gasteiger partial charge is 0.336 e. The standard InChI is InChI=1S/C7H10O7.7Fe.H2N.9H2S.V/c8-4(9)1-2-7(14,6(12)13)3-5(10)11;;;;;;;;;;;;;;;;;;/h14H,1-3H2,(H,8,9)(H,10,11)(H,12,13);;;;;;;;10*1H2;/q;;;;;;;;-1;;;;;;;;;;/p-11. The molecule has 8 nitrogen and oxygen atoms in total. The summed E-state index contributed by atoms with van der Waals surface area (Å²) in [6.45, 7) is 0. The van der Waals surface area contributed by atoms with Crippen LogP contribution in [0.5, 0.6) is 0 Å². The minimum Gasteiger partial charge on any atom is -0.813 e. The predicted octanol–water partition coefficient (Wildman–Crippen LogP) is -5.26. The van der Waals surface area contributed by atoms with E-state index in [0.717, 1.165) is 0 Å². The second-order valence-corrected chi connectivity index (χ2v) is 2.76. The van der Waals surface area contributed by atoms with Crippen molar-refractivity contribution in [2.45, 2.75) is 24.9 Å². The van der Waals surface area contributed by atoms with Gasteiger partial charge in [0.1, 0.15) is 0 Å². The summed E-state index contributed by atoms with van der Waals surface area (Å²) in [7, 11) is 0. The number of hydrogen-bond acceptors (Lipinski definition) is 15. The summed E-state index contributed by atoms with van der Waals surface area (Å²) < 4.78 is 0. The summed E-state index contributed by atoms with van der Waals surface area (Å²) in [5.41, 5.74) is -2.61. The van der Waals surface area contributed by atoms with Crippen LogP contribution in [0.3, 0.4) is 0 Å². The SMILES string of the molecule is O=C([O-])CCC(O)(CC(=O)[O-])C(=O)O.[Fe].[Fe].[Fe].[Fe].[Fe].[Fe].[Fe].[NH2-].[SH-].[SH-].[SH-].[SH-].[SH-].[SH-].[SH-].[SH-].[SH-].[V]. The number of thiol groups is 9. The van der Waals surface area contributed by atoms with Crippen molar-refractivity contribution in [3.63, 3.8) is 0 Å². The van der Waals surface area contributed by atoms with E-state index < -0.39 is 42.8 Å². The van der Waals surface area contributed by atoms with E-state index in [0.29, 0.717) is 0 Å². The number of carboxylic acids is 3. The first-order chi connectivity index (χ1) is 6.28. The molecule has 0 aromatic rings. The van der Waals surface area contributed by atoms with Crippen LogP contribution in [0.25, 0.3) is 6.15 Å². The second kappa shape index (κ2) is 83.3. The Morgan fingerprint density at radius 1 is 0.625 bits per heavy atom. The van der Waals surface area contributed by atoms with Gasteiger partial charge in [-0.15, -0.1) is 0 Å². The zero-order valence-corrected chi connectivity index (χ0v) is 31.8. The third kappa shape index (κ3) is 83.4. The van der Waals surface area contributed by atoms with Gasteiger partial charge >= 0.3 is 5.97 Å². The molecule has 0 rings (SSSR count). The van der Waals surface area contributed by atoms with Crippen LogP contribution in [-0.4, -0.2) is 33.7 Å². The van der Waals surface area contributed by atoms with Gasteiger partial charge in [-0.2, -0.15) is 0 Å². The Labute approximate surface area is 338 Å². The number of carbonyl (C=O) groups excluding carboxylic acids is 2. The van der Waals surface area contributed by atoms with Gasteiger partial charge in [-0.25, -0.2) is 4.79 Å². The van der Waals surface area contributed by atoms with E-state index in [2.05, 4.69) is 0 Å². The Bertz CT molecular complexity index is 317. The molecule has 0 aliphatic rings. The fourth-order valence-electron chi connectivity index (χ4n) is 0.819. The predicted molar refractivity (Wildman–Crippen MR) is 121 cm³/mol. The molecule has 0 saturated carbocycles. The van der Waals surface area contributed by atoms with E-state index in [1.165, 1.54) is 0 Å². The zero-order valence-electron chi connectivity index (χ0n) is 14.6. The van der Waals surface area contributed by atoms with Crippen molar-refractivity contribution in [2.24, 2.45) is 0 Å². The van der Waals surface area contributed by atoms with Crippen LogP contribution >= 0.6 is 0 Å². The molecule has 1 atom stereocenters. The fraction of sp³-hybridized carbons (Fsp3) is 0.571. The number of aliphatic carboxylic acids is 3. The topological polar surface area (TPSA) is 171 Å². The summed E-state index contributed by atoms with van der Waals surface area (Å²) in [6.07, 6.45) is -2.63. The molecule has 0 fully saturated rings. The fourth-order valence-corrected chi connectivity index (χ4v) is 0.819. The molecule has 0 heterocycles. The maximum atomic E-state index is 10.4. The molecular weight excluding hydrogens is 941 g/mol. The van der Waals surface area contributed by atoms with E-state index in [-0.39, 0.29) is 266 Å². The maximum absolute atomic E-state index is 10.4. The first-order valence-corrected chi connectivity index (χ1v) is 3.63. The third-order valence-corrected chi connectivity index (χ3v) is 1.58. The van der Waals surface area contributed by atoms with Gasteiger partial charge in [-0.1, -0.05) is 0 Å². The molecule has 32 heavy (non-hydrogen) atoms. The van der Waals surface area contributed by atoms with E-state index in [4.69, 9.17) is 5.11 Å². The van der Waals surface area contributed by atoms with Crippen LogP contribution in [0.15, 0.2) is 0 Å². The first-order valence-electron chi connectivity index (χ1n) is 3.63. The van der Waals surface area contributed by atoms with Crippen LogP contribution in [0.2, 0.25) is 0 Å². The minimum absolute atomic E-state index is 0. The molecule has 0 spiro atoms. The summed E-state index contributed by atoms with van der Waals surface area (Å²) in [6, 6.07) is 0. The molecule has 0 aromatic heterocycles. The zero-order chi connectivity index (χ0) is 11.4. The average Bonchev–Trinajstić information content (AvgIpc) is 1.99. The Balaban J connectivity index is -0.00000000552. The first kappa shape index (κ1) is 145. The van der Waals surface area contributed by atoms with Crippen molar-refractivity contribution in [1.29, 1.82) is 0 Å². The average molecular weight is 960 g/mol. The number of hydrogen-bond donors (Lipinski definition) is 2. The number of carboxylic acid groups (broad SMARTS) is 3. The van der Waals surface area contributed by atoms with Gasteiger partial charge in [0.2, 0.25) is 0 Å². The van der Waals surface area contributed by atoms with Crippen LogP contribution < -0.4 is 10.2 Å². The number of carbonyl (C=O) groups is 3. The number of rotatable bonds is 6. The summed E-state index contributed by atoms with van der Waals surface area (Å²) >= 11 is 0. The van der Waals surface area contributed by atoms with E-state index >= 15 is 0 Å². The van der Waals surface area contributed by atoms with E-state index in [1.54, 1.807) is 0 Å². The molecule has 0 amide bonds. The monoisotopic (exact) mass is 959 g/mol. The van der Waals surface area contributed by atoms with Crippen LogP contribution in [-0.2, 0) is 274 Å². The largest absolute Gasteiger partial charge is 0.813 e. The van der Waals surface area contributed by atoms with Gasteiger partial charge < -0.3 is 158 Å². The molecule has 221 valence electrons. The second-order valence-electron chi connectivity index (χ2n) is 2.76. The van der Waals surface area contributed by atoms with E-state index in [9.17, 15) is 29.7 Å². The maximum Gasteiger partial charge on any atom is 0.336 e. The molecule has 25 heteroatoms. The number of nitrogens with two attached hydrogens (primary N) is 1. The molecule has 1 unspecified atom stereocenters. The Kier molecular flexibility index (Phi) is 378. The molecule has 4 N–H and O–H groups in total. The minimum atomic E-state index is -2.61. The Morgan fingerprint density at radius 3 is 0.969 bits per heavy atom. The van der Waals surface area contributed by atoms with Gasteiger partial charge in [-0.05, 0) is 12.8 Å². The van der Waals surface area contributed by atoms with Crippen molar-refractivity contribution < 1.29 is 173 Å². The normalized spacial score (nSPS) is 6.28. The molecule has 0 aliphatic heterocycles. The van der Waals surface area contributed by atoms with Crippen LogP contribution in [0, 0.1) is 0 Å². The van der Waals surface area contributed by atoms with Gasteiger partial charge in [0, 0.05) is 156 Å². The third-order valence-electron chi connectivity index (χ3n) is 1.58. The molecule has 0 aliphatic carbocycles. The van der Waals surface area contributed by atoms with Crippen molar-refractivity contribution in [3.8, 4) is 0 Å². The molecular formula is C7H19Fe7NO7S9V-12.